The molecule has 6 nitrogen and oxygen atoms in total. The van der Waals surface area contributed by atoms with Crippen LogP contribution in [0.3, 0.4) is 0 Å². The van der Waals surface area contributed by atoms with Gasteiger partial charge in [-0.3, -0.25) is 9.63 Å². The first kappa shape index (κ1) is 15.8. The minimum atomic E-state index is -1.88. The number of likely N-dealkylation sites (N-methyl/N-ethyl adjacent to an activating group) is 1. The first-order valence-electron chi connectivity index (χ1n) is 5.66. The SMILES string of the molecule is CON(C)C(=O)[C@@H](N)Cc1cccc(CS(=O)O)c1. The maximum atomic E-state index is 11.7. The zero-order valence-electron chi connectivity index (χ0n) is 10.9. The van der Waals surface area contributed by atoms with Crippen LogP contribution in [-0.2, 0) is 32.9 Å². The minimum absolute atomic E-state index is 0.0645. The topological polar surface area (TPSA) is 92.9 Å². The van der Waals surface area contributed by atoms with E-state index >= 15 is 0 Å². The minimum Gasteiger partial charge on any atom is -0.320 e. The molecule has 0 aromatic heterocycles. The van der Waals surface area contributed by atoms with Gasteiger partial charge in [0.05, 0.1) is 18.9 Å². The number of hydrogen-bond acceptors (Lipinski definition) is 4. The maximum Gasteiger partial charge on any atom is 0.263 e. The van der Waals surface area contributed by atoms with Crippen LogP contribution in [0.2, 0.25) is 0 Å². The van der Waals surface area contributed by atoms with Crippen LogP contribution in [0.5, 0.6) is 0 Å². The Morgan fingerprint density at radius 1 is 1.53 bits per heavy atom. The van der Waals surface area contributed by atoms with Crippen LogP contribution in [0.4, 0.5) is 0 Å². The standard InChI is InChI=1S/C12H18N2O4S/c1-14(18-2)12(15)11(13)7-9-4-3-5-10(6-9)8-19(16)17/h3-6,11H,7-8,13H2,1-2H3,(H,16,17)/t11-/m0/s1. The largest absolute Gasteiger partial charge is 0.320 e. The summed E-state index contributed by atoms with van der Waals surface area (Å²) in [5.41, 5.74) is 7.37. The lowest BCUT2D eigenvalue weighted by Crippen LogP contribution is -2.42. The van der Waals surface area contributed by atoms with Crippen LogP contribution in [0.1, 0.15) is 11.1 Å². The van der Waals surface area contributed by atoms with E-state index < -0.39 is 17.1 Å². The number of hydroxylamine groups is 2. The summed E-state index contributed by atoms with van der Waals surface area (Å²) in [7, 11) is 2.88. The zero-order chi connectivity index (χ0) is 14.4. The van der Waals surface area contributed by atoms with Crippen molar-refractivity contribution in [1.29, 1.82) is 0 Å². The summed E-state index contributed by atoms with van der Waals surface area (Å²) < 4.78 is 19.6. The van der Waals surface area contributed by atoms with Gasteiger partial charge in [-0.05, 0) is 17.5 Å². The highest BCUT2D eigenvalue weighted by molar-refractivity contribution is 7.78. The summed E-state index contributed by atoms with van der Waals surface area (Å²) >= 11 is -1.88. The monoisotopic (exact) mass is 286 g/mol. The molecule has 2 atom stereocenters. The van der Waals surface area contributed by atoms with Crippen LogP contribution in [-0.4, -0.2) is 39.9 Å². The third-order valence-corrected chi connectivity index (χ3v) is 3.22. The normalized spacial score (nSPS) is 13.9. The molecule has 3 N–H and O–H groups in total. The molecule has 0 saturated heterocycles. The van der Waals surface area contributed by atoms with Crippen molar-refractivity contribution < 1.29 is 18.4 Å². The number of carbonyl (C=O) groups excluding carboxylic acids is 1. The predicted molar refractivity (Wildman–Crippen MR) is 72.4 cm³/mol. The molecular weight excluding hydrogens is 268 g/mol. The van der Waals surface area contributed by atoms with Crippen LogP contribution in [0, 0.1) is 0 Å². The molecule has 0 saturated carbocycles. The fourth-order valence-electron chi connectivity index (χ4n) is 1.65. The van der Waals surface area contributed by atoms with Gasteiger partial charge in [-0.2, -0.15) is 0 Å². The van der Waals surface area contributed by atoms with Gasteiger partial charge >= 0.3 is 0 Å². The molecule has 0 aliphatic heterocycles. The molecule has 19 heavy (non-hydrogen) atoms. The number of carbonyl (C=O) groups is 1. The average molecular weight is 286 g/mol. The molecule has 1 rings (SSSR count). The lowest BCUT2D eigenvalue weighted by molar-refractivity contribution is -0.170. The number of rotatable bonds is 6. The van der Waals surface area contributed by atoms with Crippen molar-refractivity contribution in [2.24, 2.45) is 5.73 Å². The van der Waals surface area contributed by atoms with E-state index in [1.165, 1.54) is 14.2 Å². The highest BCUT2D eigenvalue weighted by Gasteiger charge is 2.18. The van der Waals surface area contributed by atoms with Crippen molar-refractivity contribution in [3.05, 3.63) is 35.4 Å². The summed E-state index contributed by atoms with van der Waals surface area (Å²) in [5, 5.41) is 1.08. The second-order valence-electron chi connectivity index (χ2n) is 4.11. The van der Waals surface area contributed by atoms with E-state index in [9.17, 15) is 9.00 Å². The summed E-state index contributed by atoms with van der Waals surface area (Å²) in [6, 6.07) is 6.42. The Morgan fingerprint density at radius 3 is 2.74 bits per heavy atom. The number of nitrogens with two attached hydrogens (primary N) is 1. The van der Waals surface area contributed by atoms with Crippen molar-refractivity contribution in [2.75, 3.05) is 14.2 Å². The van der Waals surface area contributed by atoms with E-state index in [0.717, 1.165) is 16.2 Å². The first-order chi connectivity index (χ1) is 8.93. The van der Waals surface area contributed by atoms with Crippen LogP contribution < -0.4 is 5.73 Å². The van der Waals surface area contributed by atoms with Gasteiger partial charge in [-0.15, -0.1) is 0 Å². The molecule has 0 aliphatic rings. The van der Waals surface area contributed by atoms with Crippen LogP contribution in [0.25, 0.3) is 0 Å². The average Bonchev–Trinajstić information content (AvgIpc) is 2.36. The van der Waals surface area contributed by atoms with Crippen molar-refractivity contribution in [3.8, 4) is 0 Å². The second kappa shape index (κ2) is 7.34. The Labute approximate surface area is 114 Å². The highest BCUT2D eigenvalue weighted by atomic mass is 32.2. The first-order valence-corrected chi connectivity index (χ1v) is 6.94. The molecule has 1 amide bonds. The Hall–Kier alpha value is -1.28. The number of hydrogen-bond donors (Lipinski definition) is 2. The van der Waals surface area contributed by atoms with E-state index in [-0.39, 0.29) is 11.7 Å². The molecule has 0 bridgehead atoms. The summed E-state index contributed by atoms with van der Waals surface area (Å²) in [6.45, 7) is 0. The zero-order valence-corrected chi connectivity index (χ0v) is 11.7. The molecule has 0 spiro atoms. The van der Waals surface area contributed by atoms with E-state index in [4.69, 9.17) is 15.1 Å². The van der Waals surface area contributed by atoms with E-state index in [1.807, 2.05) is 6.07 Å². The molecule has 0 aliphatic carbocycles. The van der Waals surface area contributed by atoms with Gasteiger partial charge in [0.2, 0.25) is 0 Å². The molecule has 1 aromatic rings. The van der Waals surface area contributed by atoms with Gasteiger partial charge in [-0.25, -0.2) is 9.27 Å². The Kier molecular flexibility index (Phi) is 6.10. The molecule has 1 unspecified atom stereocenters. The number of amides is 1. The Balaban J connectivity index is 2.71. The quantitative estimate of drug-likeness (QED) is 0.579. The van der Waals surface area contributed by atoms with Crippen LogP contribution >= 0.6 is 0 Å². The fraction of sp³-hybridized carbons (Fsp3) is 0.417. The smallest absolute Gasteiger partial charge is 0.263 e. The number of benzene rings is 1. The van der Waals surface area contributed by atoms with Crippen molar-refractivity contribution in [2.45, 2.75) is 18.2 Å². The van der Waals surface area contributed by atoms with Gasteiger partial charge in [0.25, 0.3) is 5.91 Å². The van der Waals surface area contributed by atoms with Gasteiger partial charge < -0.3 is 10.3 Å². The lowest BCUT2D eigenvalue weighted by atomic mass is 10.0. The van der Waals surface area contributed by atoms with E-state index in [2.05, 4.69) is 0 Å². The molecule has 7 heteroatoms. The Morgan fingerprint density at radius 2 is 2.16 bits per heavy atom. The molecule has 106 valence electrons. The van der Waals surface area contributed by atoms with E-state index in [0.29, 0.717) is 6.42 Å². The lowest BCUT2D eigenvalue weighted by Gasteiger charge is -2.18. The van der Waals surface area contributed by atoms with Gasteiger partial charge in [0.15, 0.2) is 11.1 Å². The second-order valence-corrected chi connectivity index (χ2v) is 5.05. The Bertz CT molecular complexity index is 467. The third-order valence-electron chi connectivity index (χ3n) is 2.64. The predicted octanol–water partition coefficient (Wildman–Crippen LogP) is 0.298. The van der Waals surface area contributed by atoms with Crippen molar-refractivity contribution >= 4 is 17.0 Å². The highest BCUT2D eigenvalue weighted by Crippen LogP contribution is 2.10. The summed E-state index contributed by atoms with van der Waals surface area (Å²) in [5.74, 6) is -0.256. The maximum absolute atomic E-state index is 11.7. The molecule has 0 radical (unpaired) electrons. The van der Waals surface area contributed by atoms with Gasteiger partial charge in [0, 0.05) is 7.05 Å². The third kappa shape index (κ3) is 5.07. The number of nitrogens with zero attached hydrogens (tertiary/aromatic N) is 1. The molecule has 0 fully saturated rings. The molecular formula is C12H18N2O4S. The molecule has 1 aromatic carbocycles. The summed E-state index contributed by atoms with van der Waals surface area (Å²) in [6.07, 6.45) is 0.346. The van der Waals surface area contributed by atoms with Crippen LogP contribution in [0.15, 0.2) is 24.3 Å². The van der Waals surface area contributed by atoms with Gasteiger partial charge in [0.1, 0.15) is 0 Å². The molecule has 0 heterocycles. The fourth-order valence-corrected chi connectivity index (χ4v) is 2.12. The summed E-state index contributed by atoms with van der Waals surface area (Å²) in [4.78, 5) is 16.5. The van der Waals surface area contributed by atoms with E-state index in [1.54, 1.807) is 18.2 Å². The van der Waals surface area contributed by atoms with Gasteiger partial charge in [-0.1, -0.05) is 24.3 Å². The van der Waals surface area contributed by atoms with Crippen molar-refractivity contribution in [3.63, 3.8) is 0 Å². The van der Waals surface area contributed by atoms with Crippen molar-refractivity contribution in [1.82, 2.24) is 5.06 Å².